The zero-order valence-electron chi connectivity index (χ0n) is 10.8. The number of alkyl halides is 2. The molecule has 3 N–H and O–H groups in total. The second-order valence-corrected chi connectivity index (χ2v) is 3.83. The molecule has 3 nitrogen and oxygen atoms in total. The Bertz CT molecular complexity index is 447. The molecule has 0 fully saturated rings. The highest BCUT2D eigenvalue weighted by molar-refractivity contribution is 5.82. The standard InChI is InChI=1S/C11H12F2N2O.C2H6/c1-16-8-4-2-3-6-5-7(10(14)15)11(12,13)9(6)8;1-2/h2-4,7H,5H2,1H3,(H3,14,15);1-2H3. The van der Waals surface area contributed by atoms with Crippen LogP contribution in [0.2, 0.25) is 0 Å². The van der Waals surface area contributed by atoms with Gasteiger partial charge < -0.3 is 10.5 Å². The van der Waals surface area contributed by atoms with E-state index in [0.717, 1.165) is 0 Å². The lowest BCUT2D eigenvalue weighted by Crippen LogP contribution is -2.33. The van der Waals surface area contributed by atoms with Gasteiger partial charge in [-0.2, -0.15) is 0 Å². The van der Waals surface area contributed by atoms with E-state index in [1.807, 2.05) is 13.8 Å². The first-order valence-corrected chi connectivity index (χ1v) is 5.86. The number of nitrogens with two attached hydrogens (primary N) is 1. The number of nitrogens with one attached hydrogen (secondary N) is 1. The lowest BCUT2D eigenvalue weighted by molar-refractivity contribution is -0.0294. The van der Waals surface area contributed by atoms with Gasteiger partial charge in [-0.25, -0.2) is 8.78 Å². The Kier molecular flexibility index (Phi) is 4.27. The molecule has 1 atom stereocenters. The predicted molar refractivity (Wildman–Crippen MR) is 67.3 cm³/mol. The molecule has 5 heteroatoms. The summed E-state index contributed by atoms with van der Waals surface area (Å²) in [5, 5.41) is 7.21. The van der Waals surface area contributed by atoms with Gasteiger partial charge in [-0.15, -0.1) is 0 Å². The normalized spacial score (nSPS) is 19.5. The van der Waals surface area contributed by atoms with Gasteiger partial charge in [-0.1, -0.05) is 26.0 Å². The fourth-order valence-corrected chi connectivity index (χ4v) is 2.12. The van der Waals surface area contributed by atoms with Gasteiger partial charge in [0.05, 0.1) is 18.6 Å². The van der Waals surface area contributed by atoms with E-state index in [-0.39, 0.29) is 17.7 Å². The van der Waals surface area contributed by atoms with E-state index in [1.54, 1.807) is 12.1 Å². The van der Waals surface area contributed by atoms with Gasteiger partial charge in [0.1, 0.15) is 11.6 Å². The molecular weight excluding hydrogens is 238 g/mol. The Morgan fingerprint density at radius 1 is 1.44 bits per heavy atom. The van der Waals surface area contributed by atoms with Crippen LogP contribution in [0.15, 0.2) is 18.2 Å². The minimum absolute atomic E-state index is 0.0921. The second-order valence-electron chi connectivity index (χ2n) is 3.83. The van der Waals surface area contributed by atoms with Crippen LogP contribution in [-0.4, -0.2) is 12.9 Å². The number of hydrogen-bond donors (Lipinski definition) is 2. The van der Waals surface area contributed by atoms with Crippen LogP contribution in [0.5, 0.6) is 5.75 Å². The van der Waals surface area contributed by atoms with Crippen molar-refractivity contribution >= 4 is 5.84 Å². The highest BCUT2D eigenvalue weighted by atomic mass is 19.3. The number of hydrogen-bond acceptors (Lipinski definition) is 2. The Morgan fingerprint density at radius 2 is 2.06 bits per heavy atom. The number of rotatable bonds is 2. The van der Waals surface area contributed by atoms with E-state index in [0.29, 0.717) is 5.56 Å². The molecule has 0 aromatic heterocycles. The fraction of sp³-hybridized carbons (Fsp3) is 0.462. The Labute approximate surface area is 105 Å². The van der Waals surface area contributed by atoms with E-state index in [9.17, 15) is 8.78 Å². The van der Waals surface area contributed by atoms with Crippen molar-refractivity contribution in [1.29, 1.82) is 5.41 Å². The molecule has 0 radical (unpaired) electrons. The van der Waals surface area contributed by atoms with Crippen LogP contribution >= 0.6 is 0 Å². The molecule has 1 unspecified atom stereocenters. The van der Waals surface area contributed by atoms with Crippen LogP contribution in [0.1, 0.15) is 25.0 Å². The van der Waals surface area contributed by atoms with Gasteiger partial charge in [0, 0.05) is 0 Å². The molecule has 0 aliphatic heterocycles. The summed E-state index contributed by atoms with van der Waals surface area (Å²) in [6.45, 7) is 4.00. The van der Waals surface area contributed by atoms with Crippen molar-refractivity contribution in [3.05, 3.63) is 29.3 Å². The maximum absolute atomic E-state index is 14.0. The Balaban J connectivity index is 0.000000771. The molecule has 1 aliphatic rings. The van der Waals surface area contributed by atoms with Crippen LogP contribution in [0, 0.1) is 11.3 Å². The smallest absolute Gasteiger partial charge is 0.287 e. The van der Waals surface area contributed by atoms with E-state index in [2.05, 4.69) is 0 Å². The van der Waals surface area contributed by atoms with E-state index >= 15 is 0 Å². The van der Waals surface area contributed by atoms with Crippen molar-refractivity contribution in [2.24, 2.45) is 11.7 Å². The summed E-state index contributed by atoms with van der Waals surface area (Å²) < 4.78 is 32.9. The quantitative estimate of drug-likeness (QED) is 0.631. The molecule has 0 bridgehead atoms. The van der Waals surface area contributed by atoms with Crippen LogP contribution < -0.4 is 10.5 Å². The molecule has 18 heavy (non-hydrogen) atoms. The van der Waals surface area contributed by atoms with Crippen molar-refractivity contribution in [1.82, 2.24) is 0 Å². The highest BCUT2D eigenvalue weighted by Crippen LogP contribution is 2.49. The van der Waals surface area contributed by atoms with Gasteiger partial charge in [-0.3, -0.25) is 5.41 Å². The highest BCUT2D eigenvalue weighted by Gasteiger charge is 2.51. The SMILES string of the molecule is CC.COc1cccc2c1C(F)(F)C(C(=N)N)C2. The number of benzene rings is 1. The first-order valence-electron chi connectivity index (χ1n) is 5.86. The minimum Gasteiger partial charge on any atom is -0.496 e. The minimum atomic E-state index is -3.12. The third kappa shape index (κ3) is 2.17. The van der Waals surface area contributed by atoms with Crippen LogP contribution in [0.3, 0.4) is 0 Å². The van der Waals surface area contributed by atoms with Crippen molar-refractivity contribution in [2.75, 3.05) is 7.11 Å². The molecule has 0 spiro atoms. The third-order valence-electron chi connectivity index (χ3n) is 2.90. The summed E-state index contributed by atoms with van der Waals surface area (Å²) in [5.74, 6) is -4.69. The third-order valence-corrected chi connectivity index (χ3v) is 2.90. The monoisotopic (exact) mass is 256 g/mol. The summed E-state index contributed by atoms with van der Waals surface area (Å²) in [4.78, 5) is 0. The first-order chi connectivity index (χ1) is 8.48. The lowest BCUT2D eigenvalue weighted by atomic mass is 10.0. The van der Waals surface area contributed by atoms with Gasteiger partial charge in [0.25, 0.3) is 5.92 Å². The number of ether oxygens (including phenoxy) is 1. The maximum atomic E-state index is 14.0. The van der Waals surface area contributed by atoms with Gasteiger partial charge >= 0.3 is 0 Å². The molecule has 0 heterocycles. The lowest BCUT2D eigenvalue weighted by Gasteiger charge is -2.19. The zero-order chi connectivity index (χ0) is 13.9. The van der Waals surface area contributed by atoms with E-state index < -0.39 is 17.7 Å². The second kappa shape index (κ2) is 5.33. The molecule has 0 saturated carbocycles. The van der Waals surface area contributed by atoms with Gasteiger partial charge in [-0.05, 0) is 18.1 Å². The average Bonchev–Trinajstić information content (AvgIpc) is 2.64. The number of fused-ring (bicyclic) bond motifs is 1. The van der Waals surface area contributed by atoms with Crippen LogP contribution in [0.25, 0.3) is 0 Å². The number of methoxy groups -OCH3 is 1. The summed E-state index contributed by atoms with van der Waals surface area (Å²) in [7, 11) is 1.35. The summed E-state index contributed by atoms with van der Waals surface area (Å²) in [6.07, 6.45) is 0.0921. The van der Waals surface area contributed by atoms with Crippen LogP contribution in [-0.2, 0) is 12.3 Å². The molecule has 0 amide bonds. The summed E-state index contributed by atoms with van der Waals surface area (Å²) >= 11 is 0. The molecule has 2 rings (SSSR count). The molecule has 0 saturated heterocycles. The average molecular weight is 256 g/mol. The van der Waals surface area contributed by atoms with Gasteiger partial charge in [0.15, 0.2) is 0 Å². The van der Waals surface area contributed by atoms with E-state index in [1.165, 1.54) is 13.2 Å². The fourth-order valence-electron chi connectivity index (χ4n) is 2.12. The Morgan fingerprint density at radius 3 is 2.56 bits per heavy atom. The molecule has 1 aliphatic carbocycles. The van der Waals surface area contributed by atoms with Crippen LogP contribution in [0.4, 0.5) is 8.78 Å². The largest absolute Gasteiger partial charge is 0.496 e. The first kappa shape index (κ1) is 14.4. The van der Waals surface area contributed by atoms with E-state index in [4.69, 9.17) is 15.9 Å². The number of halogens is 2. The summed E-state index contributed by atoms with van der Waals surface area (Å²) in [6, 6.07) is 4.78. The molecule has 1 aromatic rings. The zero-order valence-corrected chi connectivity index (χ0v) is 10.8. The van der Waals surface area contributed by atoms with Crippen molar-refractivity contribution in [3.8, 4) is 5.75 Å². The van der Waals surface area contributed by atoms with Crippen molar-refractivity contribution in [3.63, 3.8) is 0 Å². The topological polar surface area (TPSA) is 59.1 Å². The van der Waals surface area contributed by atoms with Crippen molar-refractivity contribution in [2.45, 2.75) is 26.2 Å². The molecule has 1 aromatic carbocycles. The molecule has 100 valence electrons. The Hall–Kier alpha value is -1.65. The van der Waals surface area contributed by atoms with Crippen molar-refractivity contribution < 1.29 is 13.5 Å². The number of amidine groups is 1. The summed E-state index contributed by atoms with van der Waals surface area (Å²) in [5.41, 5.74) is 5.58. The predicted octanol–water partition coefficient (Wildman–Crippen LogP) is 2.92. The van der Waals surface area contributed by atoms with Gasteiger partial charge in [0.2, 0.25) is 0 Å². The molecular formula is C13H18F2N2O. The maximum Gasteiger partial charge on any atom is 0.287 e.